The molecule has 19 heavy (non-hydrogen) atoms. The predicted molar refractivity (Wildman–Crippen MR) is 78.4 cm³/mol. The summed E-state index contributed by atoms with van der Waals surface area (Å²) in [6.45, 7) is 6.22. The van der Waals surface area contributed by atoms with Crippen molar-refractivity contribution < 1.29 is 4.74 Å². The van der Waals surface area contributed by atoms with E-state index in [9.17, 15) is 0 Å². The molecule has 0 fully saturated rings. The van der Waals surface area contributed by atoms with Gasteiger partial charge in [0.15, 0.2) is 0 Å². The minimum absolute atomic E-state index is 0.301. The van der Waals surface area contributed by atoms with Crippen molar-refractivity contribution in [2.45, 2.75) is 33.0 Å². The van der Waals surface area contributed by atoms with Gasteiger partial charge in [0.05, 0.1) is 7.11 Å². The summed E-state index contributed by atoms with van der Waals surface area (Å²) in [6.07, 6.45) is 2.12. The van der Waals surface area contributed by atoms with Gasteiger partial charge in [0.25, 0.3) is 0 Å². The van der Waals surface area contributed by atoms with Crippen LogP contribution >= 0.6 is 0 Å². The van der Waals surface area contributed by atoms with Gasteiger partial charge in [-0.3, -0.25) is 0 Å². The Morgan fingerprint density at radius 3 is 2.84 bits per heavy atom. The molecule has 3 nitrogen and oxygen atoms in total. The Kier molecular flexibility index (Phi) is 4.63. The minimum Gasteiger partial charge on any atom is -0.497 e. The van der Waals surface area contributed by atoms with E-state index in [1.807, 2.05) is 12.1 Å². The van der Waals surface area contributed by atoms with Crippen LogP contribution in [0.3, 0.4) is 0 Å². The lowest BCUT2D eigenvalue weighted by atomic mass is 10.1. The number of nitrogens with zero attached hydrogens (tertiary/aromatic N) is 1. The fourth-order valence-electron chi connectivity index (χ4n) is 2.20. The van der Waals surface area contributed by atoms with E-state index in [1.54, 1.807) is 7.11 Å². The number of hydrogen-bond acceptors (Lipinski definition) is 2. The molecule has 0 spiro atoms. The van der Waals surface area contributed by atoms with Gasteiger partial charge in [0.1, 0.15) is 5.75 Å². The van der Waals surface area contributed by atoms with Gasteiger partial charge in [-0.25, -0.2) is 0 Å². The normalized spacial score (nSPS) is 12.4. The molecule has 0 bridgehead atoms. The second-order valence-electron chi connectivity index (χ2n) is 4.66. The van der Waals surface area contributed by atoms with Crippen molar-refractivity contribution in [3.8, 4) is 5.75 Å². The quantitative estimate of drug-likeness (QED) is 0.859. The predicted octanol–water partition coefficient (Wildman–Crippen LogP) is 3.37. The summed E-state index contributed by atoms with van der Waals surface area (Å²) >= 11 is 0. The molecule has 0 aliphatic carbocycles. The van der Waals surface area contributed by atoms with Crippen LogP contribution in [0.5, 0.6) is 5.75 Å². The molecule has 1 unspecified atom stereocenters. The standard InChI is InChI=1S/C16H22N2O/c1-4-18-10-6-8-15(18)12-17-13(2)14-7-5-9-16(11-14)19-3/h5-11,13,17H,4,12H2,1-3H3. The van der Waals surface area contributed by atoms with Crippen molar-refractivity contribution in [2.75, 3.05) is 7.11 Å². The number of benzene rings is 1. The molecule has 1 aromatic carbocycles. The summed E-state index contributed by atoms with van der Waals surface area (Å²) in [5.74, 6) is 0.906. The molecular weight excluding hydrogens is 236 g/mol. The molecule has 1 atom stereocenters. The van der Waals surface area contributed by atoms with Crippen molar-refractivity contribution in [3.05, 3.63) is 53.9 Å². The van der Waals surface area contributed by atoms with Gasteiger partial charge < -0.3 is 14.6 Å². The maximum absolute atomic E-state index is 5.26. The number of aryl methyl sites for hydroxylation is 1. The molecule has 102 valence electrons. The van der Waals surface area contributed by atoms with Crippen molar-refractivity contribution >= 4 is 0 Å². The van der Waals surface area contributed by atoms with Crippen molar-refractivity contribution in [1.29, 1.82) is 0 Å². The fourth-order valence-corrected chi connectivity index (χ4v) is 2.20. The number of nitrogens with one attached hydrogen (secondary N) is 1. The molecule has 0 radical (unpaired) electrons. The van der Waals surface area contributed by atoms with Crippen LogP contribution < -0.4 is 10.1 Å². The maximum Gasteiger partial charge on any atom is 0.119 e. The Morgan fingerprint density at radius 1 is 1.26 bits per heavy atom. The van der Waals surface area contributed by atoms with Crippen molar-refractivity contribution in [1.82, 2.24) is 9.88 Å². The molecule has 1 N–H and O–H groups in total. The molecule has 0 amide bonds. The Labute approximate surface area is 115 Å². The SMILES string of the molecule is CCn1cccc1CNC(C)c1cccc(OC)c1. The first-order valence-corrected chi connectivity index (χ1v) is 6.76. The zero-order valence-electron chi connectivity index (χ0n) is 11.9. The highest BCUT2D eigenvalue weighted by Gasteiger charge is 2.07. The van der Waals surface area contributed by atoms with Gasteiger partial charge in [-0.15, -0.1) is 0 Å². The van der Waals surface area contributed by atoms with Crippen molar-refractivity contribution in [3.63, 3.8) is 0 Å². The number of ether oxygens (including phenoxy) is 1. The van der Waals surface area contributed by atoms with E-state index in [1.165, 1.54) is 11.3 Å². The highest BCUT2D eigenvalue weighted by Crippen LogP contribution is 2.19. The van der Waals surface area contributed by atoms with Crippen LogP contribution in [0.15, 0.2) is 42.6 Å². The maximum atomic E-state index is 5.26. The molecule has 3 heteroatoms. The van der Waals surface area contributed by atoms with Gasteiger partial charge in [0, 0.05) is 31.0 Å². The third kappa shape index (κ3) is 3.38. The monoisotopic (exact) mass is 258 g/mol. The lowest BCUT2D eigenvalue weighted by Gasteiger charge is -2.16. The third-order valence-corrected chi connectivity index (χ3v) is 3.45. The largest absolute Gasteiger partial charge is 0.497 e. The number of hydrogen-bond donors (Lipinski definition) is 1. The number of aromatic nitrogens is 1. The van der Waals surface area contributed by atoms with E-state index < -0.39 is 0 Å². The fraction of sp³-hybridized carbons (Fsp3) is 0.375. The average molecular weight is 258 g/mol. The van der Waals surface area contributed by atoms with Crippen LogP contribution in [0.25, 0.3) is 0 Å². The second-order valence-corrected chi connectivity index (χ2v) is 4.66. The van der Waals surface area contributed by atoms with E-state index in [0.717, 1.165) is 18.8 Å². The van der Waals surface area contributed by atoms with Crippen LogP contribution in [-0.4, -0.2) is 11.7 Å². The second kappa shape index (κ2) is 6.43. The molecule has 1 heterocycles. The van der Waals surface area contributed by atoms with Crippen LogP contribution in [0.1, 0.15) is 31.1 Å². The third-order valence-electron chi connectivity index (χ3n) is 3.45. The van der Waals surface area contributed by atoms with E-state index in [0.29, 0.717) is 6.04 Å². The Hall–Kier alpha value is -1.74. The molecule has 2 aromatic rings. The zero-order valence-corrected chi connectivity index (χ0v) is 11.9. The van der Waals surface area contributed by atoms with E-state index in [-0.39, 0.29) is 0 Å². The first-order valence-electron chi connectivity index (χ1n) is 6.76. The zero-order chi connectivity index (χ0) is 13.7. The van der Waals surface area contributed by atoms with Gasteiger partial charge in [-0.1, -0.05) is 12.1 Å². The summed E-state index contributed by atoms with van der Waals surface area (Å²) in [5, 5.41) is 3.55. The molecular formula is C16H22N2O. The summed E-state index contributed by atoms with van der Waals surface area (Å²) in [5.41, 5.74) is 2.56. The molecule has 0 aliphatic heterocycles. The Bertz CT molecular complexity index is 519. The summed E-state index contributed by atoms with van der Waals surface area (Å²) < 4.78 is 7.52. The lowest BCUT2D eigenvalue weighted by Crippen LogP contribution is -2.19. The van der Waals surface area contributed by atoms with Gasteiger partial charge >= 0.3 is 0 Å². The first-order chi connectivity index (χ1) is 9.24. The van der Waals surface area contributed by atoms with Crippen LogP contribution in [0.4, 0.5) is 0 Å². The lowest BCUT2D eigenvalue weighted by molar-refractivity contribution is 0.413. The first kappa shape index (κ1) is 13.7. The minimum atomic E-state index is 0.301. The van der Waals surface area contributed by atoms with E-state index in [4.69, 9.17) is 4.74 Å². The summed E-state index contributed by atoms with van der Waals surface area (Å²) in [4.78, 5) is 0. The molecule has 1 aromatic heterocycles. The number of rotatable bonds is 6. The smallest absolute Gasteiger partial charge is 0.119 e. The van der Waals surface area contributed by atoms with Gasteiger partial charge in [-0.05, 0) is 43.7 Å². The van der Waals surface area contributed by atoms with Crippen LogP contribution in [0.2, 0.25) is 0 Å². The van der Waals surface area contributed by atoms with E-state index in [2.05, 4.69) is 54.2 Å². The van der Waals surface area contributed by atoms with Gasteiger partial charge in [-0.2, -0.15) is 0 Å². The number of methoxy groups -OCH3 is 1. The molecule has 0 saturated carbocycles. The highest BCUT2D eigenvalue weighted by molar-refractivity contribution is 5.30. The highest BCUT2D eigenvalue weighted by atomic mass is 16.5. The van der Waals surface area contributed by atoms with E-state index >= 15 is 0 Å². The summed E-state index contributed by atoms with van der Waals surface area (Å²) in [6, 6.07) is 12.8. The molecule has 0 aliphatic rings. The van der Waals surface area contributed by atoms with Crippen LogP contribution in [0, 0.1) is 0 Å². The molecule has 2 rings (SSSR count). The van der Waals surface area contributed by atoms with Crippen LogP contribution in [-0.2, 0) is 13.1 Å². The molecule has 0 saturated heterocycles. The summed E-state index contributed by atoms with van der Waals surface area (Å²) in [7, 11) is 1.70. The average Bonchev–Trinajstić information content (AvgIpc) is 2.92. The van der Waals surface area contributed by atoms with Crippen molar-refractivity contribution in [2.24, 2.45) is 0 Å². The Balaban J connectivity index is 1.99. The van der Waals surface area contributed by atoms with Gasteiger partial charge in [0.2, 0.25) is 0 Å². The topological polar surface area (TPSA) is 26.2 Å². The Morgan fingerprint density at radius 2 is 2.11 bits per heavy atom.